The van der Waals surface area contributed by atoms with E-state index in [9.17, 15) is 8.42 Å². The van der Waals surface area contributed by atoms with Crippen molar-refractivity contribution in [3.8, 4) is 0 Å². The number of nitrogens with zero attached hydrogens (tertiary/aromatic N) is 1. The van der Waals surface area contributed by atoms with Crippen molar-refractivity contribution in [3.05, 3.63) is 12.7 Å². The second-order valence-electron chi connectivity index (χ2n) is 4.28. The van der Waals surface area contributed by atoms with Gasteiger partial charge in [0.05, 0.1) is 11.5 Å². The fourth-order valence-electron chi connectivity index (χ4n) is 1.97. The molecule has 4 nitrogen and oxygen atoms in total. The van der Waals surface area contributed by atoms with Gasteiger partial charge in [-0.05, 0) is 13.3 Å². The van der Waals surface area contributed by atoms with Gasteiger partial charge in [0.1, 0.15) is 0 Å². The van der Waals surface area contributed by atoms with Gasteiger partial charge >= 0.3 is 0 Å². The molecule has 0 aliphatic carbocycles. The van der Waals surface area contributed by atoms with Crippen LogP contribution in [0.25, 0.3) is 0 Å². The first kappa shape index (κ1) is 12.7. The van der Waals surface area contributed by atoms with Crippen LogP contribution in [-0.4, -0.2) is 50.0 Å². The van der Waals surface area contributed by atoms with E-state index in [2.05, 4.69) is 11.5 Å². The minimum absolute atomic E-state index is 0.0632. The lowest BCUT2D eigenvalue weighted by atomic mass is 10.2. The molecule has 2 unspecified atom stereocenters. The molecule has 0 saturated carbocycles. The van der Waals surface area contributed by atoms with E-state index in [0.29, 0.717) is 12.3 Å². The van der Waals surface area contributed by atoms with E-state index < -0.39 is 9.84 Å². The lowest BCUT2D eigenvalue weighted by molar-refractivity contribution is 0.225. The van der Waals surface area contributed by atoms with Crippen LogP contribution in [0.15, 0.2) is 12.7 Å². The van der Waals surface area contributed by atoms with Gasteiger partial charge in [-0.2, -0.15) is 0 Å². The summed E-state index contributed by atoms with van der Waals surface area (Å²) in [5.41, 5.74) is 5.73. The molecule has 1 aliphatic heterocycles. The number of nitrogens with two attached hydrogens (primary N) is 1. The van der Waals surface area contributed by atoms with E-state index in [1.807, 2.05) is 6.92 Å². The minimum atomic E-state index is -2.81. The summed E-state index contributed by atoms with van der Waals surface area (Å²) in [5.74, 6) is 0.581. The van der Waals surface area contributed by atoms with Crippen LogP contribution < -0.4 is 5.73 Å². The SMILES string of the molecule is C=CCN(CC(C)N)C1CCS(=O)(=O)C1. The average Bonchev–Trinajstić information content (AvgIpc) is 2.44. The molecule has 0 aromatic carbocycles. The molecule has 15 heavy (non-hydrogen) atoms. The summed E-state index contributed by atoms with van der Waals surface area (Å²) in [4.78, 5) is 2.11. The molecule has 1 heterocycles. The van der Waals surface area contributed by atoms with Gasteiger partial charge < -0.3 is 5.73 Å². The van der Waals surface area contributed by atoms with Crippen molar-refractivity contribution < 1.29 is 8.42 Å². The maximum Gasteiger partial charge on any atom is 0.151 e. The third kappa shape index (κ3) is 3.93. The highest BCUT2D eigenvalue weighted by atomic mass is 32.2. The zero-order valence-corrected chi connectivity index (χ0v) is 10.0. The Morgan fingerprint density at radius 2 is 2.33 bits per heavy atom. The summed E-state index contributed by atoms with van der Waals surface area (Å²) in [6, 6.07) is 0.187. The molecule has 1 fully saturated rings. The predicted molar refractivity (Wildman–Crippen MR) is 62.5 cm³/mol. The standard InChI is InChI=1S/C10H20N2O2S/c1-3-5-12(7-9(2)11)10-4-6-15(13,14)8-10/h3,9-10H,1,4-8,11H2,2H3. The largest absolute Gasteiger partial charge is 0.327 e. The van der Waals surface area contributed by atoms with E-state index in [0.717, 1.165) is 13.0 Å². The van der Waals surface area contributed by atoms with Crippen molar-refractivity contribution >= 4 is 9.84 Å². The van der Waals surface area contributed by atoms with Crippen LogP contribution in [0.3, 0.4) is 0 Å². The van der Waals surface area contributed by atoms with Crippen LogP contribution >= 0.6 is 0 Å². The summed E-state index contributed by atoms with van der Waals surface area (Å²) < 4.78 is 22.7. The van der Waals surface area contributed by atoms with Crippen LogP contribution in [0.4, 0.5) is 0 Å². The van der Waals surface area contributed by atoms with Gasteiger partial charge in [0, 0.05) is 25.2 Å². The van der Waals surface area contributed by atoms with Crippen LogP contribution in [0.1, 0.15) is 13.3 Å². The van der Waals surface area contributed by atoms with Crippen LogP contribution in [0.5, 0.6) is 0 Å². The third-order valence-electron chi connectivity index (χ3n) is 2.61. The molecule has 2 N–H and O–H groups in total. The lowest BCUT2D eigenvalue weighted by Gasteiger charge is -2.28. The topological polar surface area (TPSA) is 63.4 Å². The van der Waals surface area contributed by atoms with Gasteiger partial charge in [-0.1, -0.05) is 6.08 Å². The molecule has 0 spiro atoms. The number of hydrogen-bond acceptors (Lipinski definition) is 4. The van der Waals surface area contributed by atoms with E-state index in [1.54, 1.807) is 6.08 Å². The molecule has 88 valence electrons. The third-order valence-corrected chi connectivity index (χ3v) is 4.36. The quantitative estimate of drug-likeness (QED) is 0.678. The zero-order valence-electron chi connectivity index (χ0n) is 9.22. The van der Waals surface area contributed by atoms with Gasteiger partial charge in [0.15, 0.2) is 9.84 Å². The van der Waals surface area contributed by atoms with Crippen molar-refractivity contribution in [2.45, 2.75) is 25.4 Å². The Morgan fingerprint density at radius 3 is 2.73 bits per heavy atom. The molecule has 1 rings (SSSR count). The normalized spacial score (nSPS) is 26.7. The Kier molecular flexibility index (Phi) is 4.31. The first-order valence-electron chi connectivity index (χ1n) is 5.25. The summed E-state index contributed by atoms with van der Waals surface area (Å²) in [5, 5.41) is 0. The van der Waals surface area contributed by atoms with Crippen molar-refractivity contribution in [2.75, 3.05) is 24.6 Å². The van der Waals surface area contributed by atoms with Crippen LogP contribution in [-0.2, 0) is 9.84 Å². The number of hydrogen-bond donors (Lipinski definition) is 1. The van der Waals surface area contributed by atoms with Crippen molar-refractivity contribution in [1.82, 2.24) is 4.90 Å². The van der Waals surface area contributed by atoms with Gasteiger partial charge in [0.2, 0.25) is 0 Å². The second kappa shape index (κ2) is 5.09. The maximum atomic E-state index is 11.4. The van der Waals surface area contributed by atoms with Gasteiger partial charge in [0.25, 0.3) is 0 Å². The molecule has 2 atom stereocenters. The van der Waals surface area contributed by atoms with Crippen LogP contribution in [0, 0.1) is 0 Å². The van der Waals surface area contributed by atoms with Crippen LogP contribution in [0.2, 0.25) is 0 Å². The zero-order chi connectivity index (χ0) is 11.5. The highest BCUT2D eigenvalue weighted by Crippen LogP contribution is 2.17. The first-order valence-corrected chi connectivity index (χ1v) is 7.07. The van der Waals surface area contributed by atoms with E-state index in [1.165, 1.54) is 0 Å². The summed E-state index contributed by atoms with van der Waals surface area (Å²) in [6.45, 7) is 7.05. The molecule has 5 heteroatoms. The van der Waals surface area contributed by atoms with E-state index in [-0.39, 0.29) is 17.8 Å². The average molecular weight is 232 g/mol. The van der Waals surface area contributed by atoms with E-state index in [4.69, 9.17) is 5.73 Å². The monoisotopic (exact) mass is 232 g/mol. The van der Waals surface area contributed by atoms with Gasteiger partial charge in [-0.25, -0.2) is 8.42 Å². The molecule has 0 aromatic heterocycles. The molecule has 0 radical (unpaired) electrons. The molecule has 0 bridgehead atoms. The molecule has 1 aliphatic rings. The molecular formula is C10H20N2O2S. The fourth-order valence-corrected chi connectivity index (χ4v) is 3.73. The summed E-state index contributed by atoms with van der Waals surface area (Å²) in [6.07, 6.45) is 2.52. The highest BCUT2D eigenvalue weighted by molar-refractivity contribution is 7.91. The Hall–Kier alpha value is -0.390. The smallest absolute Gasteiger partial charge is 0.151 e. The minimum Gasteiger partial charge on any atom is -0.327 e. The molecular weight excluding hydrogens is 212 g/mol. The van der Waals surface area contributed by atoms with Crippen molar-refractivity contribution in [2.24, 2.45) is 5.73 Å². The van der Waals surface area contributed by atoms with Crippen molar-refractivity contribution in [3.63, 3.8) is 0 Å². The number of rotatable bonds is 5. The Balaban J connectivity index is 2.61. The first-order chi connectivity index (χ1) is 6.94. The predicted octanol–water partition coefficient (Wildman–Crippen LogP) is 0.00870. The Morgan fingerprint density at radius 1 is 1.67 bits per heavy atom. The van der Waals surface area contributed by atoms with Gasteiger partial charge in [-0.3, -0.25) is 4.90 Å². The second-order valence-corrected chi connectivity index (χ2v) is 6.51. The maximum absolute atomic E-state index is 11.4. The molecule has 0 amide bonds. The number of sulfone groups is 1. The van der Waals surface area contributed by atoms with Crippen molar-refractivity contribution in [1.29, 1.82) is 0 Å². The Bertz CT molecular complexity index is 311. The summed E-state index contributed by atoms with van der Waals surface area (Å²) in [7, 11) is -2.81. The molecule has 1 saturated heterocycles. The fraction of sp³-hybridized carbons (Fsp3) is 0.800. The summed E-state index contributed by atoms with van der Waals surface area (Å²) >= 11 is 0. The Labute approximate surface area is 92.1 Å². The van der Waals surface area contributed by atoms with E-state index >= 15 is 0 Å². The molecule has 0 aromatic rings. The van der Waals surface area contributed by atoms with Gasteiger partial charge in [-0.15, -0.1) is 6.58 Å². The lowest BCUT2D eigenvalue weighted by Crippen LogP contribution is -2.43. The highest BCUT2D eigenvalue weighted by Gasteiger charge is 2.31.